The molecule has 0 aliphatic carbocycles. The highest BCUT2D eigenvalue weighted by molar-refractivity contribution is 5.38. The number of nitrogens with zero attached hydrogens (tertiary/aromatic N) is 1. The Labute approximate surface area is 95.3 Å². The zero-order valence-corrected chi connectivity index (χ0v) is 9.51. The van der Waals surface area contributed by atoms with Gasteiger partial charge in [0.05, 0.1) is 6.04 Å². The van der Waals surface area contributed by atoms with Gasteiger partial charge in [0.15, 0.2) is 0 Å². The summed E-state index contributed by atoms with van der Waals surface area (Å²) in [6, 6.07) is 9.70. The van der Waals surface area contributed by atoms with Crippen LogP contribution in [-0.2, 0) is 0 Å². The molecule has 1 heterocycles. The first kappa shape index (κ1) is 10.6. The van der Waals surface area contributed by atoms with Crippen LogP contribution in [0.1, 0.15) is 24.1 Å². The highest BCUT2D eigenvalue weighted by atomic mass is 16.3. The van der Waals surface area contributed by atoms with E-state index >= 15 is 0 Å². The summed E-state index contributed by atoms with van der Waals surface area (Å²) in [6.07, 6.45) is 3.86. The second-order valence-electron chi connectivity index (χ2n) is 4.00. The van der Waals surface area contributed by atoms with Crippen molar-refractivity contribution >= 4 is 0 Å². The quantitative estimate of drug-likeness (QED) is 0.827. The van der Waals surface area contributed by atoms with Crippen LogP contribution < -0.4 is 5.43 Å². The molecule has 0 spiro atoms. The fourth-order valence-corrected chi connectivity index (χ4v) is 1.73. The molecule has 16 heavy (non-hydrogen) atoms. The normalized spacial score (nSPS) is 12.4. The number of rotatable bonds is 3. The van der Waals surface area contributed by atoms with E-state index in [-0.39, 0.29) is 6.04 Å². The van der Waals surface area contributed by atoms with Crippen LogP contribution in [0, 0.1) is 6.92 Å². The molecule has 2 aromatic rings. The minimum absolute atomic E-state index is 0.0630. The van der Waals surface area contributed by atoms with Crippen molar-refractivity contribution in [3.63, 3.8) is 0 Å². The molecule has 0 saturated carbocycles. The van der Waals surface area contributed by atoms with Crippen LogP contribution in [0.15, 0.2) is 42.7 Å². The molecule has 0 fully saturated rings. The molecule has 0 radical (unpaired) electrons. The maximum atomic E-state index is 9.84. The van der Waals surface area contributed by atoms with E-state index in [4.69, 9.17) is 0 Å². The van der Waals surface area contributed by atoms with Crippen molar-refractivity contribution in [2.75, 3.05) is 5.43 Å². The summed E-state index contributed by atoms with van der Waals surface area (Å²) in [5.74, 6) is 0.340. The summed E-state index contributed by atoms with van der Waals surface area (Å²) in [5, 5.41) is 9.84. The summed E-state index contributed by atoms with van der Waals surface area (Å²) in [5.41, 5.74) is 5.22. The molecule has 1 unspecified atom stereocenters. The third-order valence-corrected chi connectivity index (χ3v) is 2.60. The van der Waals surface area contributed by atoms with E-state index in [0.29, 0.717) is 5.75 Å². The smallest absolute Gasteiger partial charge is 0.121 e. The van der Waals surface area contributed by atoms with Crippen LogP contribution >= 0.6 is 0 Å². The standard InChI is InChI=1S/C13H16N2O/c1-10-5-6-12(13(16)9-10)11(2)14-15-7-3-4-8-15/h3-9,11,14,16H,1-2H3. The van der Waals surface area contributed by atoms with Gasteiger partial charge in [-0.1, -0.05) is 12.1 Å². The average molecular weight is 216 g/mol. The van der Waals surface area contributed by atoms with Crippen molar-refractivity contribution in [1.29, 1.82) is 0 Å². The number of hydrogen-bond donors (Lipinski definition) is 2. The van der Waals surface area contributed by atoms with Crippen LogP contribution in [0.5, 0.6) is 5.75 Å². The van der Waals surface area contributed by atoms with Gasteiger partial charge < -0.3 is 10.5 Å². The monoisotopic (exact) mass is 216 g/mol. The van der Waals surface area contributed by atoms with E-state index in [0.717, 1.165) is 11.1 Å². The number of aromatic nitrogens is 1. The van der Waals surface area contributed by atoms with Gasteiger partial charge in [-0.2, -0.15) is 0 Å². The van der Waals surface area contributed by atoms with Gasteiger partial charge in [-0.3, -0.25) is 4.68 Å². The lowest BCUT2D eigenvalue weighted by Crippen LogP contribution is -2.16. The van der Waals surface area contributed by atoms with E-state index < -0.39 is 0 Å². The lowest BCUT2D eigenvalue weighted by molar-refractivity contribution is 0.463. The third-order valence-electron chi connectivity index (χ3n) is 2.60. The Balaban J connectivity index is 2.17. The average Bonchev–Trinajstić information content (AvgIpc) is 2.70. The maximum absolute atomic E-state index is 9.84. The van der Waals surface area contributed by atoms with E-state index in [2.05, 4.69) is 5.43 Å². The van der Waals surface area contributed by atoms with Crippen molar-refractivity contribution in [2.45, 2.75) is 19.9 Å². The van der Waals surface area contributed by atoms with Crippen LogP contribution in [0.3, 0.4) is 0 Å². The number of hydrogen-bond acceptors (Lipinski definition) is 2. The summed E-state index contributed by atoms with van der Waals surface area (Å²) >= 11 is 0. The lowest BCUT2D eigenvalue weighted by Gasteiger charge is -2.17. The van der Waals surface area contributed by atoms with E-state index in [1.165, 1.54) is 0 Å². The first-order chi connectivity index (χ1) is 7.66. The van der Waals surface area contributed by atoms with Gasteiger partial charge in [0.2, 0.25) is 0 Å². The predicted octanol–water partition coefficient (Wildman–Crippen LogP) is 2.81. The Hall–Kier alpha value is -1.90. The predicted molar refractivity (Wildman–Crippen MR) is 65.1 cm³/mol. The lowest BCUT2D eigenvalue weighted by atomic mass is 10.1. The zero-order valence-electron chi connectivity index (χ0n) is 9.51. The Morgan fingerprint density at radius 3 is 2.56 bits per heavy atom. The van der Waals surface area contributed by atoms with Gasteiger partial charge in [0, 0.05) is 18.0 Å². The van der Waals surface area contributed by atoms with Crippen LogP contribution in [0.2, 0.25) is 0 Å². The Kier molecular flexibility index (Phi) is 2.86. The van der Waals surface area contributed by atoms with Crippen LogP contribution in [-0.4, -0.2) is 9.78 Å². The van der Waals surface area contributed by atoms with Crippen molar-refractivity contribution < 1.29 is 5.11 Å². The second kappa shape index (κ2) is 4.31. The van der Waals surface area contributed by atoms with E-state index in [9.17, 15) is 5.11 Å². The number of aryl methyl sites for hydroxylation is 1. The molecule has 0 aliphatic rings. The van der Waals surface area contributed by atoms with Gasteiger partial charge in [-0.15, -0.1) is 0 Å². The SMILES string of the molecule is Cc1ccc(C(C)Nn2cccc2)c(O)c1. The van der Waals surface area contributed by atoms with Gasteiger partial charge >= 0.3 is 0 Å². The van der Waals surface area contributed by atoms with Gasteiger partial charge in [-0.05, 0) is 37.6 Å². The van der Waals surface area contributed by atoms with Crippen molar-refractivity contribution in [3.05, 3.63) is 53.9 Å². The highest BCUT2D eigenvalue weighted by Gasteiger charge is 2.09. The molecule has 0 bridgehead atoms. The minimum Gasteiger partial charge on any atom is -0.508 e. The zero-order chi connectivity index (χ0) is 11.5. The minimum atomic E-state index is 0.0630. The summed E-state index contributed by atoms with van der Waals surface area (Å²) in [6.45, 7) is 3.98. The third kappa shape index (κ3) is 2.19. The van der Waals surface area contributed by atoms with Crippen LogP contribution in [0.4, 0.5) is 0 Å². The Morgan fingerprint density at radius 2 is 1.94 bits per heavy atom. The largest absolute Gasteiger partial charge is 0.508 e. The molecular weight excluding hydrogens is 200 g/mol. The molecule has 0 amide bonds. The molecule has 2 rings (SSSR count). The molecule has 3 heteroatoms. The summed E-state index contributed by atoms with van der Waals surface area (Å²) < 4.78 is 1.88. The molecule has 3 nitrogen and oxygen atoms in total. The van der Waals surface area contributed by atoms with Crippen molar-refractivity contribution in [2.24, 2.45) is 0 Å². The second-order valence-corrected chi connectivity index (χ2v) is 4.00. The number of nitrogens with one attached hydrogen (secondary N) is 1. The molecular formula is C13H16N2O. The van der Waals surface area contributed by atoms with E-state index in [1.54, 1.807) is 6.07 Å². The van der Waals surface area contributed by atoms with Gasteiger partial charge in [0.1, 0.15) is 5.75 Å². The first-order valence-corrected chi connectivity index (χ1v) is 5.36. The topological polar surface area (TPSA) is 37.2 Å². The molecule has 1 aromatic carbocycles. The number of benzene rings is 1. The van der Waals surface area contributed by atoms with Crippen molar-refractivity contribution in [3.8, 4) is 5.75 Å². The molecule has 1 atom stereocenters. The maximum Gasteiger partial charge on any atom is 0.121 e. The van der Waals surface area contributed by atoms with E-state index in [1.807, 2.05) is 55.2 Å². The van der Waals surface area contributed by atoms with Crippen molar-refractivity contribution in [1.82, 2.24) is 4.68 Å². The summed E-state index contributed by atoms with van der Waals surface area (Å²) in [4.78, 5) is 0. The number of aromatic hydroxyl groups is 1. The Morgan fingerprint density at radius 1 is 1.25 bits per heavy atom. The molecule has 1 aromatic heterocycles. The number of phenols is 1. The fraction of sp³-hybridized carbons (Fsp3) is 0.231. The molecule has 2 N–H and O–H groups in total. The van der Waals surface area contributed by atoms with Gasteiger partial charge in [0.25, 0.3) is 0 Å². The van der Waals surface area contributed by atoms with Crippen LogP contribution in [0.25, 0.3) is 0 Å². The summed E-state index contributed by atoms with van der Waals surface area (Å²) in [7, 11) is 0. The molecule has 0 saturated heterocycles. The highest BCUT2D eigenvalue weighted by Crippen LogP contribution is 2.25. The molecule has 84 valence electrons. The Bertz CT molecular complexity index is 463. The molecule has 0 aliphatic heterocycles. The van der Waals surface area contributed by atoms with Gasteiger partial charge in [-0.25, -0.2) is 0 Å². The fourth-order valence-electron chi connectivity index (χ4n) is 1.73. The first-order valence-electron chi connectivity index (χ1n) is 5.36. The number of phenolic OH excluding ortho intramolecular Hbond substituents is 1.